The third kappa shape index (κ3) is 0.907. The fraction of sp³-hybridized carbons (Fsp3) is 0. The predicted octanol–water partition coefficient (Wildman–Crippen LogP) is -2.12. The van der Waals surface area contributed by atoms with Gasteiger partial charge in [0, 0.05) is 0 Å². The lowest BCUT2D eigenvalue weighted by Crippen LogP contribution is -2.46. The van der Waals surface area contributed by atoms with Crippen LogP contribution >= 0.6 is 0 Å². The molecule has 0 aliphatic heterocycles. The summed E-state index contributed by atoms with van der Waals surface area (Å²) >= 11 is 0. The number of H-pyrrole nitrogens is 2. The van der Waals surface area contributed by atoms with Crippen LogP contribution in [-0.2, 0) is 0 Å². The van der Waals surface area contributed by atoms with Gasteiger partial charge in [-0.2, -0.15) is 0 Å². The van der Waals surface area contributed by atoms with Crippen LogP contribution in [0.25, 0.3) is 13.2 Å². The van der Waals surface area contributed by atoms with Gasteiger partial charge in [0.05, 0.1) is 5.22 Å². The van der Waals surface area contributed by atoms with E-state index in [0.717, 1.165) is 0 Å². The van der Waals surface area contributed by atoms with E-state index in [-0.39, 0.29) is 10.7 Å². The van der Waals surface area contributed by atoms with E-state index >= 15 is 0 Å². The molecule has 10 heavy (non-hydrogen) atoms. The fourth-order valence-corrected chi connectivity index (χ4v) is 0.559. The van der Waals surface area contributed by atoms with Crippen molar-refractivity contribution in [3.63, 3.8) is 0 Å². The molecule has 0 radical (unpaired) electrons. The highest BCUT2D eigenvalue weighted by Crippen LogP contribution is 1.30. The Hall–Kier alpha value is -1.58. The van der Waals surface area contributed by atoms with Crippen LogP contribution in [0.5, 0.6) is 0 Å². The molecule has 0 unspecified atom stereocenters. The molecule has 0 saturated carbocycles. The number of hydrogen-bond acceptors (Lipinski definition) is 2. The average molecular weight is 138 g/mol. The Morgan fingerprint density at radius 1 is 1.00 bits per heavy atom. The van der Waals surface area contributed by atoms with Gasteiger partial charge >= 0.3 is 0 Å². The Morgan fingerprint density at radius 2 is 1.40 bits per heavy atom. The first-order valence-corrected chi connectivity index (χ1v) is 2.62. The second-order valence-corrected chi connectivity index (χ2v) is 1.87. The first-order valence-electron chi connectivity index (χ1n) is 2.62. The van der Waals surface area contributed by atoms with E-state index in [1.165, 1.54) is 0 Å². The van der Waals surface area contributed by atoms with Gasteiger partial charge in [0.25, 0.3) is 11.1 Å². The molecule has 1 aromatic rings. The van der Waals surface area contributed by atoms with Gasteiger partial charge in [-0.15, -0.1) is 0 Å². The van der Waals surface area contributed by atoms with E-state index in [1.54, 1.807) is 0 Å². The molecule has 0 fully saturated rings. The van der Waals surface area contributed by atoms with Crippen molar-refractivity contribution in [1.29, 1.82) is 0 Å². The van der Waals surface area contributed by atoms with Crippen LogP contribution < -0.4 is 21.8 Å². The van der Waals surface area contributed by atoms with Crippen LogP contribution in [0.1, 0.15) is 0 Å². The third-order valence-corrected chi connectivity index (χ3v) is 1.08. The minimum atomic E-state index is -0.492. The smallest absolute Gasteiger partial charge is 0.261 e. The summed E-state index contributed by atoms with van der Waals surface area (Å²) in [6.07, 6.45) is 0. The highest BCUT2D eigenvalue weighted by Gasteiger charge is 1.88. The Bertz CT molecular complexity index is 403. The number of aromatic amines is 2. The van der Waals surface area contributed by atoms with Crippen LogP contribution in [0.2, 0.25) is 0 Å². The van der Waals surface area contributed by atoms with Gasteiger partial charge in [0.15, 0.2) is 0 Å². The molecule has 1 aromatic heterocycles. The summed E-state index contributed by atoms with van der Waals surface area (Å²) in [6, 6.07) is 0. The van der Waals surface area contributed by atoms with Gasteiger partial charge in [-0.05, 0) is 0 Å². The molecule has 52 valence electrons. The summed E-state index contributed by atoms with van der Waals surface area (Å²) in [5.74, 6) is 0. The molecule has 1 rings (SSSR count). The highest BCUT2D eigenvalue weighted by atomic mass is 16.1. The lowest BCUT2D eigenvalue weighted by atomic mass is 10.5. The van der Waals surface area contributed by atoms with E-state index in [2.05, 4.69) is 23.1 Å². The molecule has 0 aliphatic rings. The Labute approximate surface area is 55.5 Å². The van der Waals surface area contributed by atoms with Crippen molar-refractivity contribution in [3.8, 4) is 0 Å². The van der Waals surface area contributed by atoms with E-state index in [9.17, 15) is 9.59 Å². The lowest BCUT2D eigenvalue weighted by molar-refractivity contribution is 0.995. The molecular formula is C6H6N2O2. The van der Waals surface area contributed by atoms with Gasteiger partial charge < -0.3 is 9.97 Å². The summed E-state index contributed by atoms with van der Waals surface area (Å²) in [5.41, 5.74) is -0.787. The monoisotopic (exact) mass is 138 g/mol. The number of rotatable bonds is 0. The molecule has 4 nitrogen and oxygen atoms in total. The van der Waals surface area contributed by atoms with Crippen molar-refractivity contribution in [3.05, 3.63) is 31.4 Å². The van der Waals surface area contributed by atoms with Crippen molar-refractivity contribution in [2.75, 3.05) is 0 Å². The van der Waals surface area contributed by atoms with Crippen LogP contribution in [0.4, 0.5) is 0 Å². The zero-order valence-corrected chi connectivity index (χ0v) is 5.23. The summed E-state index contributed by atoms with van der Waals surface area (Å²) in [4.78, 5) is 26.0. The van der Waals surface area contributed by atoms with Crippen LogP contribution in [0, 0.1) is 0 Å². The largest absolute Gasteiger partial charge is 0.308 e. The minimum absolute atomic E-state index is 0.0904. The maximum Gasteiger partial charge on any atom is 0.261 e. The third-order valence-electron chi connectivity index (χ3n) is 1.08. The van der Waals surface area contributed by atoms with Crippen LogP contribution in [0.3, 0.4) is 0 Å². The molecule has 0 atom stereocenters. The van der Waals surface area contributed by atoms with Gasteiger partial charge in [-0.1, -0.05) is 13.2 Å². The van der Waals surface area contributed by atoms with Gasteiger partial charge in [-0.3, -0.25) is 9.59 Å². The average Bonchev–Trinajstić information content (AvgIpc) is 1.82. The number of nitrogens with one attached hydrogen (secondary N) is 2. The molecular weight excluding hydrogens is 132 g/mol. The molecule has 0 bridgehead atoms. The van der Waals surface area contributed by atoms with Gasteiger partial charge in [0.1, 0.15) is 5.48 Å². The molecule has 2 N–H and O–H groups in total. The van der Waals surface area contributed by atoms with Crippen LogP contribution in [0.15, 0.2) is 9.59 Å². The van der Waals surface area contributed by atoms with Crippen molar-refractivity contribution >= 4 is 13.2 Å². The quantitative estimate of drug-likeness (QED) is 0.430. The first kappa shape index (κ1) is 6.54. The Balaban J connectivity index is 3.99. The summed E-state index contributed by atoms with van der Waals surface area (Å²) in [7, 11) is 0. The van der Waals surface area contributed by atoms with E-state index in [0.29, 0.717) is 0 Å². The zero-order valence-electron chi connectivity index (χ0n) is 5.23. The Morgan fingerprint density at radius 3 is 1.80 bits per heavy atom. The van der Waals surface area contributed by atoms with Crippen molar-refractivity contribution in [2.24, 2.45) is 0 Å². The normalized spacial score (nSPS) is 9.60. The summed E-state index contributed by atoms with van der Waals surface area (Å²) < 4.78 is 0. The van der Waals surface area contributed by atoms with Gasteiger partial charge in [-0.25, -0.2) is 0 Å². The molecule has 4 heteroatoms. The van der Waals surface area contributed by atoms with Crippen molar-refractivity contribution < 1.29 is 0 Å². The van der Waals surface area contributed by atoms with E-state index in [1.807, 2.05) is 0 Å². The first-order chi connectivity index (χ1) is 4.61. The van der Waals surface area contributed by atoms with Crippen molar-refractivity contribution in [2.45, 2.75) is 0 Å². The SMILES string of the molecule is C=c1[nH]c(=O)c(=C)c(=O)[nH]1. The molecule has 0 aromatic carbocycles. The number of aromatic nitrogens is 2. The highest BCUT2D eigenvalue weighted by molar-refractivity contribution is 5.00. The predicted molar refractivity (Wildman–Crippen MR) is 38.0 cm³/mol. The van der Waals surface area contributed by atoms with Crippen molar-refractivity contribution in [1.82, 2.24) is 9.97 Å². The maximum absolute atomic E-state index is 10.7. The van der Waals surface area contributed by atoms with E-state index in [4.69, 9.17) is 0 Å². The minimum Gasteiger partial charge on any atom is -0.308 e. The molecule has 1 heterocycles. The van der Waals surface area contributed by atoms with Gasteiger partial charge in [0.2, 0.25) is 0 Å². The summed E-state index contributed by atoms with van der Waals surface area (Å²) in [6.45, 7) is 6.59. The summed E-state index contributed by atoms with van der Waals surface area (Å²) in [5, 5.41) is -0.0904. The second kappa shape index (κ2) is 1.98. The molecule has 0 aliphatic carbocycles. The van der Waals surface area contributed by atoms with Crippen LogP contribution in [-0.4, -0.2) is 9.97 Å². The topological polar surface area (TPSA) is 65.7 Å². The maximum atomic E-state index is 10.7. The van der Waals surface area contributed by atoms with E-state index < -0.39 is 11.1 Å². The molecule has 0 amide bonds. The molecule has 0 saturated heterocycles. The fourth-order valence-electron chi connectivity index (χ4n) is 0.559. The second-order valence-electron chi connectivity index (χ2n) is 1.87. The Kier molecular flexibility index (Phi) is 1.30. The molecule has 0 spiro atoms. The number of hydrogen-bond donors (Lipinski definition) is 2. The standard InChI is InChI=1S/C6H6N2O2/c1-3-5(9)7-4(2)8-6(3)10/h1-2H2,(H,7,9)(H,8,10). The lowest BCUT2D eigenvalue weighted by Gasteiger charge is -1.82. The zero-order chi connectivity index (χ0) is 7.72.